The number of hydrogen-bond donors (Lipinski definition) is 2. The Labute approximate surface area is 95.7 Å². The predicted molar refractivity (Wildman–Crippen MR) is 63.8 cm³/mol. The number of aromatic carboxylic acids is 1. The van der Waals surface area contributed by atoms with E-state index in [0.717, 1.165) is 18.7 Å². The van der Waals surface area contributed by atoms with E-state index >= 15 is 0 Å². The summed E-state index contributed by atoms with van der Waals surface area (Å²) in [6, 6.07) is 3.26. The smallest absolute Gasteiger partial charge is 0.337 e. The summed E-state index contributed by atoms with van der Waals surface area (Å²) in [4.78, 5) is 14.7. The second-order valence-corrected chi connectivity index (χ2v) is 4.13. The number of carboxylic acids is 1. The van der Waals surface area contributed by atoms with Crippen molar-refractivity contribution in [1.29, 1.82) is 0 Å². The number of rotatable bonds is 5. The van der Waals surface area contributed by atoms with Crippen molar-refractivity contribution in [3.05, 3.63) is 23.9 Å². The van der Waals surface area contributed by atoms with Gasteiger partial charge in [-0.1, -0.05) is 13.8 Å². The van der Waals surface area contributed by atoms with Gasteiger partial charge in [-0.25, -0.2) is 9.78 Å². The molecule has 0 atom stereocenters. The average molecular weight is 222 g/mol. The van der Waals surface area contributed by atoms with Gasteiger partial charge in [-0.2, -0.15) is 0 Å². The van der Waals surface area contributed by atoms with Crippen LogP contribution in [0.15, 0.2) is 18.3 Å². The van der Waals surface area contributed by atoms with Crippen molar-refractivity contribution < 1.29 is 9.90 Å². The molecule has 0 aliphatic carbocycles. The van der Waals surface area contributed by atoms with Crippen LogP contribution in [0.1, 0.15) is 44.0 Å². The third kappa shape index (κ3) is 2.95. The van der Waals surface area contributed by atoms with Crippen LogP contribution in [-0.4, -0.2) is 21.6 Å². The zero-order valence-electron chi connectivity index (χ0n) is 9.95. The van der Waals surface area contributed by atoms with E-state index in [2.05, 4.69) is 31.1 Å². The van der Waals surface area contributed by atoms with Crippen LogP contribution < -0.4 is 5.32 Å². The highest BCUT2D eigenvalue weighted by molar-refractivity contribution is 5.87. The van der Waals surface area contributed by atoms with Crippen molar-refractivity contribution >= 4 is 11.8 Å². The second-order valence-electron chi connectivity index (χ2n) is 4.13. The zero-order valence-corrected chi connectivity index (χ0v) is 9.95. The standard InChI is InChI=1S/C12H18N2O2/c1-4-12(3,5-2)14-10-7-6-9(8-13-10)11(15)16/h6-8H,4-5H2,1-3H3,(H,13,14)(H,15,16). The Hall–Kier alpha value is -1.58. The molecule has 1 aromatic rings. The molecule has 0 fully saturated rings. The lowest BCUT2D eigenvalue weighted by atomic mass is 9.95. The molecule has 0 saturated heterocycles. The van der Waals surface area contributed by atoms with E-state index in [9.17, 15) is 4.79 Å². The Morgan fingerprint density at radius 2 is 2.06 bits per heavy atom. The van der Waals surface area contributed by atoms with Gasteiger partial charge in [0.25, 0.3) is 0 Å². The number of nitrogens with one attached hydrogen (secondary N) is 1. The fourth-order valence-corrected chi connectivity index (χ4v) is 1.33. The Balaban J connectivity index is 2.79. The molecule has 1 rings (SSSR count). The normalized spacial score (nSPS) is 11.2. The summed E-state index contributed by atoms with van der Waals surface area (Å²) in [5, 5.41) is 12.1. The molecule has 1 heterocycles. The minimum atomic E-state index is -0.951. The first-order valence-corrected chi connectivity index (χ1v) is 5.48. The highest BCUT2D eigenvalue weighted by atomic mass is 16.4. The fourth-order valence-electron chi connectivity index (χ4n) is 1.33. The average Bonchev–Trinajstić information content (AvgIpc) is 2.29. The summed E-state index contributed by atoms with van der Waals surface area (Å²) in [5.41, 5.74) is 0.220. The Morgan fingerprint density at radius 1 is 1.44 bits per heavy atom. The van der Waals surface area contributed by atoms with Gasteiger partial charge in [0.15, 0.2) is 0 Å². The van der Waals surface area contributed by atoms with Crippen LogP contribution in [0.2, 0.25) is 0 Å². The van der Waals surface area contributed by atoms with Gasteiger partial charge >= 0.3 is 5.97 Å². The molecule has 88 valence electrons. The lowest BCUT2D eigenvalue weighted by Gasteiger charge is -2.28. The maximum atomic E-state index is 10.6. The molecule has 0 amide bonds. The molecule has 0 bridgehead atoms. The van der Waals surface area contributed by atoms with Gasteiger partial charge in [0.1, 0.15) is 5.82 Å². The third-order valence-corrected chi connectivity index (χ3v) is 3.00. The first kappa shape index (κ1) is 12.5. The molecule has 0 aliphatic heterocycles. The van der Waals surface area contributed by atoms with Crippen molar-refractivity contribution in [2.24, 2.45) is 0 Å². The quantitative estimate of drug-likeness (QED) is 0.804. The molecule has 16 heavy (non-hydrogen) atoms. The Kier molecular flexibility index (Phi) is 3.88. The Bertz CT molecular complexity index is 356. The number of carboxylic acid groups (broad SMARTS) is 1. The molecule has 1 aromatic heterocycles. The maximum absolute atomic E-state index is 10.6. The van der Waals surface area contributed by atoms with E-state index in [1.807, 2.05) is 0 Å². The summed E-state index contributed by atoms with van der Waals surface area (Å²) >= 11 is 0. The SMILES string of the molecule is CCC(C)(CC)Nc1ccc(C(=O)O)cn1. The first-order valence-electron chi connectivity index (χ1n) is 5.48. The second kappa shape index (κ2) is 4.96. The van der Waals surface area contributed by atoms with Crippen molar-refractivity contribution in [2.45, 2.75) is 39.2 Å². The summed E-state index contributed by atoms with van der Waals surface area (Å²) in [5.74, 6) is -0.232. The van der Waals surface area contributed by atoms with E-state index < -0.39 is 5.97 Å². The lowest BCUT2D eigenvalue weighted by Crippen LogP contribution is -2.33. The minimum Gasteiger partial charge on any atom is -0.478 e. The summed E-state index contributed by atoms with van der Waals surface area (Å²) in [6.45, 7) is 6.35. The van der Waals surface area contributed by atoms with E-state index in [0.29, 0.717) is 0 Å². The monoisotopic (exact) mass is 222 g/mol. The van der Waals surface area contributed by atoms with Gasteiger partial charge in [-0.05, 0) is 31.9 Å². The fraction of sp³-hybridized carbons (Fsp3) is 0.500. The number of carbonyl (C=O) groups is 1. The highest BCUT2D eigenvalue weighted by Gasteiger charge is 2.19. The minimum absolute atomic E-state index is 0.0116. The molecule has 4 heteroatoms. The van der Waals surface area contributed by atoms with Crippen LogP contribution in [0.5, 0.6) is 0 Å². The molecule has 0 aliphatic rings. The topological polar surface area (TPSA) is 62.2 Å². The maximum Gasteiger partial charge on any atom is 0.337 e. The molecular formula is C12H18N2O2. The van der Waals surface area contributed by atoms with Crippen molar-refractivity contribution in [1.82, 2.24) is 4.98 Å². The summed E-state index contributed by atoms with van der Waals surface area (Å²) in [6.07, 6.45) is 3.36. The van der Waals surface area contributed by atoms with Gasteiger partial charge in [-0.3, -0.25) is 0 Å². The van der Waals surface area contributed by atoms with E-state index in [4.69, 9.17) is 5.11 Å². The first-order chi connectivity index (χ1) is 7.50. The molecule has 0 saturated carbocycles. The summed E-state index contributed by atoms with van der Waals surface area (Å²) < 4.78 is 0. The van der Waals surface area contributed by atoms with Gasteiger partial charge in [0.2, 0.25) is 0 Å². The van der Waals surface area contributed by atoms with Crippen molar-refractivity contribution in [3.63, 3.8) is 0 Å². The van der Waals surface area contributed by atoms with E-state index in [-0.39, 0.29) is 11.1 Å². The van der Waals surface area contributed by atoms with Crippen LogP contribution >= 0.6 is 0 Å². The Morgan fingerprint density at radius 3 is 2.44 bits per heavy atom. The van der Waals surface area contributed by atoms with Gasteiger partial charge in [0.05, 0.1) is 5.56 Å². The molecule has 2 N–H and O–H groups in total. The van der Waals surface area contributed by atoms with Gasteiger partial charge < -0.3 is 10.4 Å². The number of pyridine rings is 1. The molecular weight excluding hydrogens is 204 g/mol. The summed E-state index contributed by atoms with van der Waals surface area (Å²) in [7, 11) is 0. The zero-order chi connectivity index (χ0) is 12.2. The van der Waals surface area contributed by atoms with Gasteiger partial charge in [-0.15, -0.1) is 0 Å². The van der Waals surface area contributed by atoms with Crippen LogP contribution in [0, 0.1) is 0 Å². The van der Waals surface area contributed by atoms with Crippen LogP contribution in [0.3, 0.4) is 0 Å². The lowest BCUT2D eigenvalue weighted by molar-refractivity contribution is 0.0696. The molecule has 4 nitrogen and oxygen atoms in total. The van der Waals surface area contributed by atoms with Crippen LogP contribution in [0.4, 0.5) is 5.82 Å². The number of nitrogens with zero attached hydrogens (tertiary/aromatic N) is 1. The molecule has 0 unspecified atom stereocenters. The number of anilines is 1. The van der Waals surface area contributed by atoms with Crippen LogP contribution in [0.25, 0.3) is 0 Å². The highest BCUT2D eigenvalue weighted by Crippen LogP contribution is 2.20. The predicted octanol–water partition coefficient (Wildman–Crippen LogP) is 2.77. The third-order valence-electron chi connectivity index (χ3n) is 3.00. The largest absolute Gasteiger partial charge is 0.478 e. The number of aromatic nitrogens is 1. The molecule has 0 radical (unpaired) electrons. The molecule has 0 spiro atoms. The van der Waals surface area contributed by atoms with Crippen molar-refractivity contribution in [3.8, 4) is 0 Å². The number of hydrogen-bond acceptors (Lipinski definition) is 3. The van der Waals surface area contributed by atoms with E-state index in [1.165, 1.54) is 6.20 Å². The van der Waals surface area contributed by atoms with Crippen LogP contribution in [-0.2, 0) is 0 Å². The van der Waals surface area contributed by atoms with Gasteiger partial charge in [0, 0.05) is 11.7 Å². The molecule has 0 aromatic carbocycles. The van der Waals surface area contributed by atoms with Crippen molar-refractivity contribution in [2.75, 3.05) is 5.32 Å². The van der Waals surface area contributed by atoms with E-state index in [1.54, 1.807) is 12.1 Å².